The number of piperidine rings is 1. The first-order chi connectivity index (χ1) is 14.0. The number of aryl methyl sites for hydroxylation is 1. The second-order valence-electron chi connectivity index (χ2n) is 7.51. The molecule has 2 atom stereocenters. The van der Waals surface area contributed by atoms with Gasteiger partial charge < -0.3 is 20.3 Å². The fourth-order valence-corrected chi connectivity index (χ4v) is 3.83. The van der Waals surface area contributed by atoms with Gasteiger partial charge in [-0.1, -0.05) is 35.9 Å². The number of rotatable bonds is 5. The largest absolute Gasteiger partial charge is 0.497 e. The van der Waals surface area contributed by atoms with Gasteiger partial charge in [-0.15, -0.1) is 0 Å². The third kappa shape index (κ3) is 5.28. The summed E-state index contributed by atoms with van der Waals surface area (Å²) in [4.78, 5) is 27.3. The first-order valence-corrected chi connectivity index (χ1v) is 10.0. The average Bonchev–Trinajstić information content (AvgIpc) is 2.73. The summed E-state index contributed by atoms with van der Waals surface area (Å²) in [7, 11) is 1.60. The number of nitrogens with zero attached hydrogens (tertiary/aromatic N) is 1. The van der Waals surface area contributed by atoms with E-state index in [1.807, 2.05) is 31.2 Å². The molecule has 2 N–H and O–H groups in total. The highest BCUT2D eigenvalue weighted by atomic mass is 16.5. The van der Waals surface area contributed by atoms with Crippen molar-refractivity contribution in [1.29, 1.82) is 0 Å². The van der Waals surface area contributed by atoms with Gasteiger partial charge in [-0.3, -0.25) is 4.79 Å². The summed E-state index contributed by atoms with van der Waals surface area (Å²) in [6.45, 7) is 5.53. The van der Waals surface area contributed by atoms with Crippen molar-refractivity contribution in [2.45, 2.75) is 26.2 Å². The predicted molar refractivity (Wildman–Crippen MR) is 114 cm³/mol. The molecule has 1 aliphatic rings. The summed E-state index contributed by atoms with van der Waals surface area (Å²) < 4.78 is 5.23. The number of nitrogens with one attached hydrogen (secondary N) is 2. The van der Waals surface area contributed by atoms with Gasteiger partial charge in [0.05, 0.1) is 13.0 Å². The number of hydrogen-bond acceptors (Lipinski definition) is 3. The quantitative estimate of drug-likeness (QED) is 0.809. The van der Waals surface area contributed by atoms with Crippen molar-refractivity contribution in [3.63, 3.8) is 0 Å². The molecule has 0 aliphatic carbocycles. The lowest BCUT2D eigenvalue weighted by Crippen LogP contribution is -2.50. The third-order valence-electron chi connectivity index (χ3n) is 5.29. The molecular formula is C23H29N3O3. The number of anilines is 1. The van der Waals surface area contributed by atoms with Crippen LogP contribution in [0.1, 0.15) is 30.4 Å². The van der Waals surface area contributed by atoms with Gasteiger partial charge in [0, 0.05) is 37.3 Å². The van der Waals surface area contributed by atoms with Crippen molar-refractivity contribution in [3.05, 3.63) is 59.7 Å². The molecule has 1 heterocycles. The maximum Gasteiger partial charge on any atom is 0.317 e. The maximum absolute atomic E-state index is 13.0. The van der Waals surface area contributed by atoms with Gasteiger partial charge in [0.1, 0.15) is 5.75 Å². The van der Waals surface area contributed by atoms with Crippen LogP contribution in [0.4, 0.5) is 10.5 Å². The third-order valence-corrected chi connectivity index (χ3v) is 5.29. The SMILES string of the molecule is CCNC(=O)N1CC(C(=O)Nc2cccc(OC)c2)CC(c2cccc(C)c2)C1. The Bertz CT molecular complexity index is 868. The molecule has 2 aromatic carbocycles. The number of ether oxygens (including phenoxy) is 1. The van der Waals surface area contributed by atoms with Crippen LogP contribution < -0.4 is 15.4 Å². The van der Waals surface area contributed by atoms with Crippen LogP contribution in [0.5, 0.6) is 5.75 Å². The molecule has 3 rings (SSSR count). The molecular weight excluding hydrogens is 366 g/mol. The molecule has 3 amide bonds. The lowest BCUT2D eigenvalue weighted by molar-refractivity contribution is -0.121. The number of methoxy groups -OCH3 is 1. The van der Waals surface area contributed by atoms with Gasteiger partial charge in [0.2, 0.25) is 5.91 Å². The number of amides is 3. The van der Waals surface area contributed by atoms with Gasteiger partial charge in [-0.05, 0) is 38.0 Å². The zero-order valence-corrected chi connectivity index (χ0v) is 17.3. The van der Waals surface area contributed by atoms with Crippen LogP contribution >= 0.6 is 0 Å². The molecule has 0 bridgehead atoms. The zero-order chi connectivity index (χ0) is 20.8. The Morgan fingerprint density at radius 2 is 1.93 bits per heavy atom. The number of carbonyl (C=O) groups excluding carboxylic acids is 2. The molecule has 1 aliphatic heterocycles. The molecule has 6 nitrogen and oxygen atoms in total. The number of carbonyl (C=O) groups is 2. The van der Waals surface area contributed by atoms with Crippen LogP contribution in [0.2, 0.25) is 0 Å². The van der Waals surface area contributed by atoms with Gasteiger partial charge in [0.15, 0.2) is 0 Å². The lowest BCUT2D eigenvalue weighted by Gasteiger charge is -2.37. The lowest BCUT2D eigenvalue weighted by atomic mass is 9.83. The van der Waals surface area contributed by atoms with Gasteiger partial charge in [0.25, 0.3) is 0 Å². The first kappa shape index (κ1) is 20.7. The molecule has 6 heteroatoms. The fraction of sp³-hybridized carbons (Fsp3) is 0.391. The van der Waals surface area contributed by atoms with Crippen molar-refractivity contribution in [2.24, 2.45) is 5.92 Å². The van der Waals surface area contributed by atoms with E-state index in [1.54, 1.807) is 18.1 Å². The van der Waals surface area contributed by atoms with Crippen molar-refractivity contribution in [1.82, 2.24) is 10.2 Å². The second-order valence-corrected chi connectivity index (χ2v) is 7.51. The number of hydrogen-bond donors (Lipinski definition) is 2. The second kappa shape index (κ2) is 9.45. The molecule has 0 radical (unpaired) electrons. The maximum atomic E-state index is 13.0. The van der Waals surface area contributed by atoms with Crippen LogP contribution in [0.15, 0.2) is 48.5 Å². The highest BCUT2D eigenvalue weighted by Crippen LogP contribution is 2.32. The predicted octanol–water partition coefficient (Wildman–Crippen LogP) is 3.78. The minimum Gasteiger partial charge on any atom is -0.497 e. The monoisotopic (exact) mass is 395 g/mol. The molecule has 0 saturated carbocycles. The molecule has 1 saturated heterocycles. The standard InChI is InChI=1S/C23H29N3O3/c1-4-24-23(28)26-14-18(17-8-5-7-16(2)11-17)12-19(15-26)22(27)25-20-9-6-10-21(13-20)29-3/h5-11,13,18-19H,4,12,14-15H2,1-3H3,(H,24,28)(H,25,27). The molecule has 0 spiro atoms. The summed E-state index contributed by atoms with van der Waals surface area (Å²) in [5.74, 6) is 0.438. The van der Waals surface area contributed by atoms with E-state index in [9.17, 15) is 9.59 Å². The van der Waals surface area contributed by atoms with E-state index in [0.717, 1.165) is 5.56 Å². The highest BCUT2D eigenvalue weighted by Gasteiger charge is 2.34. The van der Waals surface area contributed by atoms with Gasteiger partial charge in [-0.25, -0.2) is 4.79 Å². The Balaban J connectivity index is 1.79. The van der Waals surface area contributed by atoms with E-state index in [4.69, 9.17) is 4.74 Å². The Morgan fingerprint density at radius 1 is 1.14 bits per heavy atom. The van der Waals surface area contributed by atoms with Crippen molar-refractivity contribution < 1.29 is 14.3 Å². The van der Waals surface area contributed by atoms with E-state index >= 15 is 0 Å². The van der Waals surface area contributed by atoms with Gasteiger partial charge >= 0.3 is 6.03 Å². The smallest absolute Gasteiger partial charge is 0.317 e. The van der Waals surface area contributed by atoms with Crippen LogP contribution in [-0.2, 0) is 4.79 Å². The van der Waals surface area contributed by atoms with Crippen LogP contribution in [0.25, 0.3) is 0 Å². The average molecular weight is 396 g/mol. The van der Waals surface area contributed by atoms with Crippen LogP contribution in [-0.4, -0.2) is 43.6 Å². The minimum absolute atomic E-state index is 0.0788. The summed E-state index contributed by atoms with van der Waals surface area (Å²) >= 11 is 0. The Kier molecular flexibility index (Phi) is 6.75. The van der Waals surface area contributed by atoms with E-state index < -0.39 is 0 Å². The Hall–Kier alpha value is -3.02. The first-order valence-electron chi connectivity index (χ1n) is 10.0. The number of urea groups is 1. The molecule has 0 aromatic heterocycles. The van der Waals surface area contributed by atoms with Crippen LogP contribution in [0.3, 0.4) is 0 Å². The summed E-state index contributed by atoms with van der Waals surface area (Å²) in [6.07, 6.45) is 0.704. The Morgan fingerprint density at radius 3 is 2.66 bits per heavy atom. The highest BCUT2D eigenvalue weighted by molar-refractivity contribution is 5.93. The molecule has 2 unspecified atom stereocenters. The molecule has 1 fully saturated rings. The molecule has 29 heavy (non-hydrogen) atoms. The van der Waals surface area contributed by atoms with E-state index in [1.165, 1.54) is 5.56 Å². The normalized spacial score (nSPS) is 18.8. The topological polar surface area (TPSA) is 70.7 Å². The van der Waals surface area contributed by atoms with E-state index in [0.29, 0.717) is 37.5 Å². The zero-order valence-electron chi connectivity index (χ0n) is 17.3. The molecule has 2 aromatic rings. The Labute approximate surface area is 172 Å². The van der Waals surface area contributed by atoms with E-state index in [-0.39, 0.29) is 23.8 Å². The van der Waals surface area contributed by atoms with E-state index in [2.05, 4.69) is 35.8 Å². The summed E-state index contributed by atoms with van der Waals surface area (Å²) in [6, 6.07) is 15.5. The molecule has 154 valence electrons. The van der Waals surface area contributed by atoms with Crippen molar-refractivity contribution >= 4 is 17.6 Å². The number of likely N-dealkylation sites (tertiary alicyclic amines) is 1. The minimum atomic E-state index is -0.289. The summed E-state index contributed by atoms with van der Waals surface area (Å²) in [5, 5.41) is 5.85. The van der Waals surface area contributed by atoms with Gasteiger partial charge in [-0.2, -0.15) is 0 Å². The van der Waals surface area contributed by atoms with Crippen LogP contribution in [0, 0.1) is 12.8 Å². The van der Waals surface area contributed by atoms with Crippen molar-refractivity contribution in [2.75, 3.05) is 32.1 Å². The summed E-state index contributed by atoms with van der Waals surface area (Å²) in [5.41, 5.74) is 3.03. The van der Waals surface area contributed by atoms with Crippen molar-refractivity contribution in [3.8, 4) is 5.75 Å². The fourth-order valence-electron chi connectivity index (χ4n) is 3.83. The number of benzene rings is 2.